The lowest BCUT2D eigenvalue weighted by Gasteiger charge is -2.39. The average molecular weight is 221 g/mol. The van der Waals surface area contributed by atoms with E-state index in [2.05, 4.69) is 38.9 Å². The largest absolute Gasteiger partial charge is 0.301 e. The smallest absolute Gasteiger partial charge is 0.0686 e. The van der Waals surface area contributed by atoms with E-state index in [1.165, 1.54) is 19.3 Å². The van der Waals surface area contributed by atoms with Crippen LogP contribution in [0.5, 0.6) is 0 Å². The predicted octanol–water partition coefficient (Wildman–Crippen LogP) is 3.45. The van der Waals surface area contributed by atoms with Crippen molar-refractivity contribution in [1.82, 2.24) is 5.32 Å². The Hall–Kier alpha value is -0.480. The van der Waals surface area contributed by atoms with Crippen molar-refractivity contribution in [2.75, 3.05) is 0 Å². The maximum Gasteiger partial charge on any atom is 0.0686 e. The number of nitrogens with one attached hydrogen (secondary N) is 1. The molecule has 1 heteroatoms. The van der Waals surface area contributed by atoms with E-state index in [0.29, 0.717) is 6.04 Å². The SMILES string of the molecule is C#CC(CC)NC1CC(C)CCC1C(C)C. The molecule has 0 aromatic carbocycles. The minimum Gasteiger partial charge on any atom is -0.301 e. The van der Waals surface area contributed by atoms with Gasteiger partial charge in [-0.1, -0.05) is 40.0 Å². The minimum absolute atomic E-state index is 0.261. The van der Waals surface area contributed by atoms with Crippen LogP contribution in [-0.4, -0.2) is 12.1 Å². The molecule has 1 nitrogen and oxygen atoms in total. The van der Waals surface area contributed by atoms with Crippen molar-refractivity contribution in [3.05, 3.63) is 0 Å². The first-order chi connectivity index (χ1) is 7.58. The van der Waals surface area contributed by atoms with Gasteiger partial charge < -0.3 is 5.32 Å². The molecule has 0 bridgehead atoms. The fraction of sp³-hybridized carbons (Fsp3) is 0.867. The van der Waals surface area contributed by atoms with E-state index in [4.69, 9.17) is 6.42 Å². The second-order valence-corrected chi connectivity index (χ2v) is 5.73. The molecule has 92 valence electrons. The van der Waals surface area contributed by atoms with E-state index in [-0.39, 0.29) is 6.04 Å². The maximum absolute atomic E-state index is 5.54. The highest BCUT2D eigenvalue weighted by molar-refractivity contribution is 5.00. The van der Waals surface area contributed by atoms with Gasteiger partial charge in [0.1, 0.15) is 0 Å². The third-order valence-electron chi connectivity index (χ3n) is 4.05. The van der Waals surface area contributed by atoms with Gasteiger partial charge in [-0.05, 0) is 37.0 Å². The van der Waals surface area contributed by atoms with Gasteiger partial charge in [0.25, 0.3) is 0 Å². The van der Waals surface area contributed by atoms with E-state index in [1.54, 1.807) is 0 Å². The number of hydrogen-bond acceptors (Lipinski definition) is 1. The zero-order chi connectivity index (χ0) is 12.1. The third kappa shape index (κ3) is 3.52. The number of terminal acetylenes is 1. The molecule has 1 aliphatic carbocycles. The lowest BCUT2D eigenvalue weighted by Crippen LogP contribution is -2.46. The lowest BCUT2D eigenvalue weighted by molar-refractivity contribution is 0.164. The Kier molecular flexibility index (Phi) is 5.35. The predicted molar refractivity (Wildman–Crippen MR) is 71.2 cm³/mol. The van der Waals surface area contributed by atoms with Gasteiger partial charge in [-0.2, -0.15) is 0 Å². The van der Waals surface area contributed by atoms with Crippen molar-refractivity contribution in [3.63, 3.8) is 0 Å². The fourth-order valence-electron chi connectivity index (χ4n) is 2.94. The summed E-state index contributed by atoms with van der Waals surface area (Å²) in [5.74, 6) is 5.28. The first-order valence-corrected chi connectivity index (χ1v) is 6.80. The van der Waals surface area contributed by atoms with Crippen LogP contribution < -0.4 is 5.32 Å². The van der Waals surface area contributed by atoms with Crippen LogP contribution >= 0.6 is 0 Å². The molecule has 1 fully saturated rings. The Morgan fingerprint density at radius 3 is 2.56 bits per heavy atom. The third-order valence-corrected chi connectivity index (χ3v) is 4.05. The van der Waals surface area contributed by atoms with Gasteiger partial charge in [-0.15, -0.1) is 6.42 Å². The molecule has 1 saturated carbocycles. The lowest BCUT2D eigenvalue weighted by atomic mass is 9.74. The van der Waals surface area contributed by atoms with Crippen LogP contribution in [0.3, 0.4) is 0 Å². The Balaban J connectivity index is 2.61. The summed E-state index contributed by atoms with van der Waals surface area (Å²) in [6.45, 7) is 9.20. The molecule has 0 aromatic heterocycles. The summed E-state index contributed by atoms with van der Waals surface area (Å²) >= 11 is 0. The molecule has 0 heterocycles. The monoisotopic (exact) mass is 221 g/mol. The molecular weight excluding hydrogens is 194 g/mol. The zero-order valence-electron chi connectivity index (χ0n) is 11.3. The van der Waals surface area contributed by atoms with Crippen molar-refractivity contribution < 1.29 is 0 Å². The number of rotatable bonds is 4. The van der Waals surface area contributed by atoms with E-state index in [9.17, 15) is 0 Å². The summed E-state index contributed by atoms with van der Waals surface area (Å²) in [5, 5.41) is 3.68. The van der Waals surface area contributed by atoms with Crippen LogP contribution in [0.25, 0.3) is 0 Å². The first-order valence-electron chi connectivity index (χ1n) is 6.80. The molecule has 1 N–H and O–H groups in total. The molecule has 0 spiro atoms. The normalized spacial score (nSPS) is 32.4. The fourth-order valence-corrected chi connectivity index (χ4v) is 2.94. The molecule has 16 heavy (non-hydrogen) atoms. The van der Waals surface area contributed by atoms with Crippen LogP contribution in [0.15, 0.2) is 0 Å². The molecule has 0 saturated heterocycles. The quantitative estimate of drug-likeness (QED) is 0.717. The summed E-state index contributed by atoms with van der Waals surface area (Å²) in [7, 11) is 0. The van der Waals surface area contributed by atoms with Gasteiger partial charge in [0.05, 0.1) is 6.04 Å². The molecule has 0 radical (unpaired) electrons. The van der Waals surface area contributed by atoms with Crippen molar-refractivity contribution in [2.24, 2.45) is 17.8 Å². The first kappa shape index (κ1) is 13.6. The van der Waals surface area contributed by atoms with Crippen molar-refractivity contribution >= 4 is 0 Å². The maximum atomic E-state index is 5.54. The van der Waals surface area contributed by atoms with Crippen LogP contribution in [0, 0.1) is 30.1 Å². The summed E-state index contributed by atoms with van der Waals surface area (Å²) in [6, 6.07) is 0.890. The standard InChI is InChI=1S/C15H27N/c1-6-13(7-2)16-15-10-12(5)8-9-14(15)11(3)4/h1,11-16H,7-10H2,2-5H3. The van der Waals surface area contributed by atoms with E-state index in [0.717, 1.165) is 24.2 Å². The highest BCUT2D eigenvalue weighted by Crippen LogP contribution is 2.33. The molecule has 1 aliphatic rings. The Labute approximate surface area is 101 Å². The van der Waals surface area contributed by atoms with Gasteiger partial charge in [0, 0.05) is 6.04 Å². The molecule has 4 unspecified atom stereocenters. The summed E-state index contributed by atoms with van der Waals surface area (Å²) < 4.78 is 0. The molecule has 0 aromatic rings. The second-order valence-electron chi connectivity index (χ2n) is 5.73. The molecule has 1 rings (SSSR count). The molecular formula is C15H27N. The van der Waals surface area contributed by atoms with Gasteiger partial charge in [-0.3, -0.25) is 0 Å². The Morgan fingerprint density at radius 2 is 2.06 bits per heavy atom. The highest BCUT2D eigenvalue weighted by Gasteiger charge is 2.31. The van der Waals surface area contributed by atoms with Crippen molar-refractivity contribution in [1.29, 1.82) is 0 Å². The van der Waals surface area contributed by atoms with Crippen molar-refractivity contribution in [2.45, 2.75) is 65.5 Å². The molecule has 0 amide bonds. The van der Waals surface area contributed by atoms with Gasteiger partial charge in [0.15, 0.2) is 0 Å². The van der Waals surface area contributed by atoms with Crippen molar-refractivity contribution in [3.8, 4) is 12.3 Å². The van der Waals surface area contributed by atoms with Gasteiger partial charge in [-0.25, -0.2) is 0 Å². The molecule has 0 aliphatic heterocycles. The topological polar surface area (TPSA) is 12.0 Å². The van der Waals surface area contributed by atoms with Gasteiger partial charge >= 0.3 is 0 Å². The number of hydrogen-bond donors (Lipinski definition) is 1. The van der Waals surface area contributed by atoms with Crippen LogP contribution in [0.1, 0.15) is 53.4 Å². The van der Waals surface area contributed by atoms with Crippen LogP contribution in [0.4, 0.5) is 0 Å². The van der Waals surface area contributed by atoms with E-state index >= 15 is 0 Å². The Bertz CT molecular complexity index is 238. The van der Waals surface area contributed by atoms with Crippen LogP contribution in [-0.2, 0) is 0 Å². The molecule has 4 atom stereocenters. The van der Waals surface area contributed by atoms with E-state index < -0.39 is 0 Å². The zero-order valence-corrected chi connectivity index (χ0v) is 11.3. The Morgan fingerprint density at radius 1 is 1.38 bits per heavy atom. The highest BCUT2D eigenvalue weighted by atomic mass is 15.0. The summed E-state index contributed by atoms with van der Waals surface area (Å²) in [5.41, 5.74) is 0. The average Bonchev–Trinajstić information content (AvgIpc) is 2.25. The van der Waals surface area contributed by atoms with Crippen LogP contribution in [0.2, 0.25) is 0 Å². The summed E-state index contributed by atoms with van der Waals surface area (Å²) in [6.07, 6.45) is 10.6. The van der Waals surface area contributed by atoms with E-state index in [1.807, 2.05) is 0 Å². The minimum atomic E-state index is 0.261. The van der Waals surface area contributed by atoms with Gasteiger partial charge in [0.2, 0.25) is 0 Å². The second kappa shape index (κ2) is 6.30. The summed E-state index contributed by atoms with van der Waals surface area (Å²) in [4.78, 5) is 0.